The van der Waals surface area contributed by atoms with E-state index >= 15 is 0 Å². The fourth-order valence-corrected chi connectivity index (χ4v) is 2.84. The molecule has 0 atom stereocenters. The molecule has 7 heteroatoms. The molecule has 0 bridgehead atoms. The number of carboxylic acid groups (broad SMARTS) is 1. The summed E-state index contributed by atoms with van der Waals surface area (Å²) in [6, 6.07) is 7.92. The SMILES string of the molecule is O=C(Nc1ncccc1C(=O)O)c1cc(Br)cc(Br)c1. The van der Waals surface area contributed by atoms with E-state index in [2.05, 4.69) is 42.2 Å². The monoisotopic (exact) mass is 398 g/mol. The van der Waals surface area contributed by atoms with Crippen molar-refractivity contribution in [2.24, 2.45) is 0 Å². The van der Waals surface area contributed by atoms with E-state index in [4.69, 9.17) is 5.11 Å². The third kappa shape index (κ3) is 3.43. The van der Waals surface area contributed by atoms with Crippen molar-refractivity contribution < 1.29 is 14.7 Å². The molecular weight excluding hydrogens is 392 g/mol. The van der Waals surface area contributed by atoms with Gasteiger partial charge in [0.25, 0.3) is 5.91 Å². The van der Waals surface area contributed by atoms with Gasteiger partial charge in [-0.3, -0.25) is 4.79 Å². The lowest BCUT2D eigenvalue weighted by Crippen LogP contribution is -2.16. The van der Waals surface area contributed by atoms with Crippen LogP contribution in [0.4, 0.5) is 5.82 Å². The first-order valence-corrected chi connectivity index (χ1v) is 7.02. The van der Waals surface area contributed by atoms with E-state index < -0.39 is 11.9 Å². The fourth-order valence-electron chi connectivity index (χ4n) is 1.54. The van der Waals surface area contributed by atoms with Gasteiger partial charge < -0.3 is 10.4 Å². The van der Waals surface area contributed by atoms with Gasteiger partial charge in [-0.15, -0.1) is 0 Å². The molecule has 0 unspecified atom stereocenters. The Hall–Kier alpha value is -1.73. The summed E-state index contributed by atoms with van der Waals surface area (Å²) in [7, 11) is 0. The van der Waals surface area contributed by atoms with Gasteiger partial charge in [0.2, 0.25) is 0 Å². The van der Waals surface area contributed by atoms with Gasteiger partial charge in [0.05, 0.1) is 0 Å². The van der Waals surface area contributed by atoms with Crippen molar-refractivity contribution in [3.8, 4) is 0 Å². The number of nitrogens with zero attached hydrogens (tertiary/aromatic N) is 1. The minimum Gasteiger partial charge on any atom is -0.478 e. The van der Waals surface area contributed by atoms with Crippen molar-refractivity contribution in [2.75, 3.05) is 5.32 Å². The number of hydrogen-bond donors (Lipinski definition) is 2. The van der Waals surface area contributed by atoms with E-state index in [-0.39, 0.29) is 11.4 Å². The zero-order valence-electron chi connectivity index (χ0n) is 9.93. The van der Waals surface area contributed by atoms with Crippen LogP contribution in [0, 0.1) is 0 Å². The summed E-state index contributed by atoms with van der Waals surface area (Å²) >= 11 is 6.57. The van der Waals surface area contributed by atoms with Crippen molar-refractivity contribution >= 4 is 49.6 Å². The Labute approximate surface area is 131 Å². The van der Waals surface area contributed by atoms with E-state index in [0.29, 0.717) is 5.56 Å². The Morgan fingerprint density at radius 2 is 1.80 bits per heavy atom. The number of benzene rings is 1. The summed E-state index contributed by atoms with van der Waals surface area (Å²) in [5.74, 6) is -1.57. The average molecular weight is 400 g/mol. The van der Waals surface area contributed by atoms with Gasteiger partial charge in [0.15, 0.2) is 0 Å². The first-order chi connectivity index (χ1) is 9.47. The van der Waals surface area contributed by atoms with Gasteiger partial charge in [-0.05, 0) is 30.3 Å². The van der Waals surface area contributed by atoms with Crippen LogP contribution in [-0.4, -0.2) is 22.0 Å². The van der Waals surface area contributed by atoms with Crippen LogP contribution >= 0.6 is 31.9 Å². The largest absolute Gasteiger partial charge is 0.478 e. The van der Waals surface area contributed by atoms with E-state index in [1.54, 1.807) is 18.2 Å². The highest BCUT2D eigenvalue weighted by molar-refractivity contribution is 9.11. The maximum absolute atomic E-state index is 12.1. The summed E-state index contributed by atoms with van der Waals surface area (Å²) in [6.45, 7) is 0. The number of aromatic carboxylic acids is 1. The number of halogens is 2. The number of carbonyl (C=O) groups is 2. The third-order valence-electron chi connectivity index (χ3n) is 2.39. The second-order valence-corrected chi connectivity index (χ2v) is 5.65. The molecule has 2 rings (SSSR count). The predicted octanol–water partition coefficient (Wildman–Crippen LogP) is 3.56. The average Bonchev–Trinajstić information content (AvgIpc) is 2.37. The first kappa shape index (κ1) is 14.7. The Balaban J connectivity index is 2.30. The molecule has 1 aromatic heterocycles. The molecule has 0 aliphatic carbocycles. The van der Waals surface area contributed by atoms with Crippen molar-refractivity contribution in [1.29, 1.82) is 0 Å². The van der Waals surface area contributed by atoms with Gasteiger partial charge in [0, 0.05) is 20.7 Å². The Kier molecular flexibility index (Phi) is 4.51. The molecule has 1 aromatic carbocycles. The molecular formula is C13H8Br2N2O3. The van der Waals surface area contributed by atoms with Crippen LogP contribution in [0.2, 0.25) is 0 Å². The Morgan fingerprint density at radius 1 is 1.15 bits per heavy atom. The first-order valence-electron chi connectivity index (χ1n) is 5.43. The fraction of sp³-hybridized carbons (Fsp3) is 0. The van der Waals surface area contributed by atoms with Crippen molar-refractivity contribution in [1.82, 2.24) is 4.98 Å². The van der Waals surface area contributed by atoms with E-state index in [9.17, 15) is 9.59 Å². The molecule has 0 saturated carbocycles. The highest BCUT2D eigenvalue weighted by Crippen LogP contribution is 2.21. The van der Waals surface area contributed by atoms with Gasteiger partial charge >= 0.3 is 5.97 Å². The van der Waals surface area contributed by atoms with Crippen LogP contribution < -0.4 is 5.32 Å². The standard InChI is InChI=1S/C13H8Br2N2O3/c14-8-4-7(5-9(15)6-8)12(18)17-11-10(13(19)20)2-1-3-16-11/h1-6H,(H,19,20)(H,16,17,18). The quantitative estimate of drug-likeness (QED) is 0.826. The molecule has 5 nitrogen and oxygen atoms in total. The topological polar surface area (TPSA) is 79.3 Å². The Morgan fingerprint density at radius 3 is 2.40 bits per heavy atom. The molecule has 0 spiro atoms. The van der Waals surface area contributed by atoms with E-state index in [0.717, 1.165) is 8.95 Å². The normalized spacial score (nSPS) is 10.1. The van der Waals surface area contributed by atoms with Gasteiger partial charge in [-0.2, -0.15) is 0 Å². The number of nitrogens with one attached hydrogen (secondary N) is 1. The van der Waals surface area contributed by atoms with Crippen molar-refractivity contribution in [3.05, 3.63) is 56.6 Å². The molecule has 0 saturated heterocycles. The maximum atomic E-state index is 12.1. The number of anilines is 1. The summed E-state index contributed by atoms with van der Waals surface area (Å²) in [5.41, 5.74) is 0.322. The highest BCUT2D eigenvalue weighted by atomic mass is 79.9. The number of rotatable bonds is 3. The van der Waals surface area contributed by atoms with Crippen LogP contribution in [0.1, 0.15) is 20.7 Å². The molecule has 0 aliphatic heterocycles. The second kappa shape index (κ2) is 6.15. The third-order valence-corrected chi connectivity index (χ3v) is 3.31. The minimum absolute atomic E-state index is 0.0149. The lowest BCUT2D eigenvalue weighted by atomic mass is 10.2. The minimum atomic E-state index is -1.15. The number of pyridine rings is 1. The second-order valence-electron chi connectivity index (χ2n) is 3.82. The lowest BCUT2D eigenvalue weighted by molar-refractivity contribution is 0.0697. The van der Waals surface area contributed by atoms with Crippen LogP contribution in [0.25, 0.3) is 0 Å². The zero-order chi connectivity index (χ0) is 14.7. The summed E-state index contributed by atoms with van der Waals surface area (Å²) in [5, 5.41) is 11.5. The van der Waals surface area contributed by atoms with Crippen LogP contribution in [0.3, 0.4) is 0 Å². The zero-order valence-corrected chi connectivity index (χ0v) is 13.1. The van der Waals surface area contributed by atoms with Gasteiger partial charge in [-0.1, -0.05) is 31.9 Å². The number of carbonyl (C=O) groups excluding carboxylic acids is 1. The number of hydrogen-bond acceptors (Lipinski definition) is 3. The molecule has 1 amide bonds. The van der Waals surface area contributed by atoms with Crippen LogP contribution in [-0.2, 0) is 0 Å². The molecule has 0 aliphatic rings. The maximum Gasteiger partial charge on any atom is 0.339 e. The highest BCUT2D eigenvalue weighted by Gasteiger charge is 2.14. The number of amides is 1. The molecule has 102 valence electrons. The predicted molar refractivity (Wildman–Crippen MR) is 81.0 cm³/mol. The van der Waals surface area contributed by atoms with Crippen molar-refractivity contribution in [3.63, 3.8) is 0 Å². The van der Waals surface area contributed by atoms with Crippen LogP contribution in [0.15, 0.2) is 45.5 Å². The summed E-state index contributed by atoms with van der Waals surface area (Å²) in [4.78, 5) is 27.0. The summed E-state index contributed by atoms with van der Waals surface area (Å²) in [6.07, 6.45) is 1.42. The molecule has 1 heterocycles. The van der Waals surface area contributed by atoms with Crippen molar-refractivity contribution in [2.45, 2.75) is 0 Å². The van der Waals surface area contributed by atoms with E-state index in [1.807, 2.05) is 0 Å². The van der Waals surface area contributed by atoms with Gasteiger partial charge in [-0.25, -0.2) is 9.78 Å². The smallest absolute Gasteiger partial charge is 0.339 e. The van der Waals surface area contributed by atoms with Gasteiger partial charge in [0.1, 0.15) is 11.4 Å². The Bertz CT molecular complexity index is 669. The number of aromatic nitrogens is 1. The summed E-state index contributed by atoms with van der Waals surface area (Å²) < 4.78 is 1.47. The van der Waals surface area contributed by atoms with Crippen LogP contribution in [0.5, 0.6) is 0 Å². The number of carboxylic acids is 1. The molecule has 20 heavy (non-hydrogen) atoms. The molecule has 0 radical (unpaired) electrons. The lowest BCUT2D eigenvalue weighted by Gasteiger charge is -2.07. The molecule has 2 aromatic rings. The van der Waals surface area contributed by atoms with E-state index in [1.165, 1.54) is 18.3 Å². The molecule has 0 fully saturated rings. The molecule has 2 N–H and O–H groups in total.